The van der Waals surface area contributed by atoms with Crippen LogP contribution in [-0.4, -0.2) is 66.6 Å². The van der Waals surface area contributed by atoms with Gasteiger partial charge in [0, 0.05) is 55.5 Å². The Labute approximate surface area is 178 Å². The van der Waals surface area contributed by atoms with Gasteiger partial charge in [-0.25, -0.2) is 4.98 Å². The van der Waals surface area contributed by atoms with E-state index < -0.39 is 0 Å². The Balaban J connectivity index is 1.49. The molecular weight excluding hydrogens is 386 g/mol. The third kappa shape index (κ3) is 5.11. The van der Waals surface area contributed by atoms with E-state index in [4.69, 9.17) is 16.3 Å². The van der Waals surface area contributed by atoms with Crippen molar-refractivity contribution in [3.8, 4) is 11.1 Å². The van der Waals surface area contributed by atoms with E-state index in [0.29, 0.717) is 11.2 Å². The summed E-state index contributed by atoms with van der Waals surface area (Å²) in [5.74, 6) is 0.811. The van der Waals surface area contributed by atoms with Crippen molar-refractivity contribution in [2.75, 3.05) is 51.8 Å². The number of hydrogen-bond donors (Lipinski definition) is 0. The van der Waals surface area contributed by atoms with Crippen LogP contribution in [0.25, 0.3) is 11.1 Å². The summed E-state index contributed by atoms with van der Waals surface area (Å²) in [7, 11) is 4.31. The Bertz CT molecular complexity index is 794. The van der Waals surface area contributed by atoms with Crippen molar-refractivity contribution < 1.29 is 4.74 Å². The topological polar surface area (TPSA) is 46.4 Å². The zero-order chi connectivity index (χ0) is 20.2. The predicted molar refractivity (Wildman–Crippen MR) is 118 cm³/mol. The molecular formula is C22H32ClN5O. The van der Waals surface area contributed by atoms with Gasteiger partial charge < -0.3 is 14.5 Å². The number of hydrogen-bond acceptors (Lipinski definition) is 5. The second kappa shape index (κ2) is 9.45. The van der Waals surface area contributed by atoms with Crippen LogP contribution >= 0.6 is 11.6 Å². The highest BCUT2D eigenvalue weighted by Crippen LogP contribution is 2.35. The number of aromatic nitrogens is 3. The Kier molecular flexibility index (Phi) is 6.73. The smallest absolute Gasteiger partial charge is 0.131 e. The summed E-state index contributed by atoms with van der Waals surface area (Å²) in [6.07, 6.45) is 11.8. The van der Waals surface area contributed by atoms with E-state index in [0.717, 1.165) is 56.2 Å². The number of nitrogens with zero attached hydrogens (tertiary/aromatic N) is 5. The minimum absolute atomic E-state index is 0.425. The van der Waals surface area contributed by atoms with Gasteiger partial charge in [-0.05, 0) is 64.7 Å². The van der Waals surface area contributed by atoms with E-state index in [1.807, 2.05) is 18.5 Å². The number of rotatable bonds is 6. The third-order valence-corrected chi connectivity index (χ3v) is 6.47. The number of pyridine rings is 1. The van der Waals surface area contributed by atoms with Crippen LogP contribution in [0, 0.1) is 5.92 Å². The summed E-state index contributed by atoms with van der Waals surface area (Å²) in [4.78, 5) is 9.13. The first-order valence-electron chi connectivity index (χ1n) is 10.8. The fourth-order valence-electron chi connectivity index (χ4n) is 4.43. The van der Waals surface area contributed by atoms with Gasteiger partial charge in [0.2, 0.25) is 0 Å². The SMILES string of the molecule is CN(C)CCC1CCN(c2cc(Cl)ncc2-c2cnn(C3CCOCC3)c2)CC1. The highest BCUT2D eigenvalue weighted by Gasteiger charge is 2.23. The lowest BCUT2D eigenvalue weighted by atomic mass is 9.92. The second-order valence-electron chi connectivity index (χ2n) is 8.60. The average molecular weight is 418 g/mol. The number of ether oxygens (including phenoxy) is 1. The quantitative estimate of drug-likeness (QED) is 0.661. The summed E-state index contributed by atoms with van der Waals surface area (Å²) >= 11 is 6.29. The first kappa shape index (κ1) is 20.6. The zero-order valence-electron chi connectivity index (χ0n) is 17.6. The summed E-state index contributed by atoms with van der Waals surface area (Å²) in [6, 6.07) is 2.44. The van der Waals surface area contributed by atoms with Crippen molar-refractivity contribution in [3.63, 3.8) is 0 Å². The molecule has 0 bridgehead atoms. The summed E-state index contributed by atoms with van der Waals surface area (Å²) < 4.78 is 7.59. The zero-order valence-corrected chi connectivity index (χ0v) is 18.3. The molecule has 0 aromatic carbocycles. The van der Waals surface area contributed by atoms with Crippen LogP contribution in [0.1, 0.15) is 38.1 Å². The highest BCUT2D eigenvalue weighted by atomic mass is 35.5. The van der Waals surface area contributed by atoms with E-state index in [-0.39, 0.29) is 0 Å². The summed E-state index contributed by atoms with van der Waals surface area (Å²) in [5.41, 5.74) is 3.42. The molecule has 4 rings (SSSR count). The molecule has 0 radical (unpaired) electrons. The minimum Gasteiger partial charge on any atom is -0.381 e. The molecule has 0 spiro atoms. The predicted octanol–water partition coefficient (Wildman–Crippen LogP) is 4.12. The third-order valence-electron chi connectivity index (χ3n) is 6.27. The Morgan fingerprint density at radius 1 is 1.14 bits per heavy atom. The van der Waals surface area contributed by atoms with Crippen molar-refractivity contribution in [1.29, 1.82) is 0 Å². The molecule has 29 heavy (non-hydrogen) atoms. The molecule has 2 aliphatic heterocycles. The van der Waals surface area contributed by atoms with Gasteiger partial charge in [0.25, 0.3) is 0 Å². The van der Waals surface area contributed by atoms with Gasteiger partial charge in [-0.15, -0.1) is 0 Å². The maximum Gasteiger partial charge on any atom is 0.131 e. The molecule has 2 aliphatic rings. The fourth-order valence-corrected chi connectivity index (χ4v) is 4.59. The molecule has 2 aromatic rings. The fraction of sp³-hybridized carbons (Fsp3) is 0.636. The van der Waals surface area contributed by atoms with E-state index in [9.17, 15) is 0 Å². The largest absolute Gasteiger partial charge is 0.381 e. The molecule has 0 unspecified atom stereocenters. The van der Waals surface area contributed by atoms with Crippen LogP contribution in [0.15, 0.2) is 24.7 Å². The molecule has 6 nitrogen and oxygen atoms in total. The first-order valence-corrected chi connectivity index (χ1v) is 11.2. The molecule has 158 valence electrons. The van der Waals surface area contributed by atoms with Gasteiger partial charge in [0.1, 0.15) is 5.15 Å². The number of piperidine rings is 1. The van der Waals surface area contributed by atoms with Gasteiger partial charge in [-0.2, -0.15) is 5.10 Å². The van der Waals surface area contributed by atoms with E-state index in [1.165, 1.54) is 31.5 Å². The van der Waals surface area contributed by atoms with Gasteiger partial charge >= 0.3 is 0 Å². The molecule has 0 N–H and O–H groups in total. The standard InChI is InChI=1S/C22H32ClN5O/c1-26(2)8-3-17-4-9-27(10-5-17)21-13-22(23)24-15-20(21)18-14-25-28(16-18)19-6-11-29-12-7-19/h13-17,19H,3-12H2,1-2H3. The number of halogens is 1. The summed E-state index contributed by atoms with van der Waals surface area (Å²) in [6.45, 7) is 4.94. The van der Waals surface area contributed by atoms with Crippen molar-refractivity contribution >= 4 is 17.3 Å². The van der Waals surface area contributed by atoms with Crippen LogP contribution in [0.5, 0.6) is 0 Å². The molecule has 0 saturated carbocycles. The lowest BCUT2D eigenvalue weighted by Gasteiger charge is -2.35. The van der Waals surface area contributed by atoms with E-state index >= 15 is 0 Å². The molecule has 2 aromatic heterocycles. The normalized spacial score (nSPS) is 19.2. The maximum atomic E-state index is 6.29. The molecule has 4 heterocycles. The second-order valence-corrected chi connectivity index (χ2v) is 8.99. The number of anilines is 1. The Morgan fingerprint density at radius 3 is 2.62 bits per heavy atom. The van der Waals surface area contributed by atoms with Crippen molar-refractivity contribution in [3.05, 3.63) is 29.8 Å². The minimum atomic E-state index is 0.425. The van der Waals surface area contributed by atoms with Crippen LogP contribution in [0.3, 0.4) is 0 Å². The van der Waals surface area contributed by atoms with Crippen LogP contribution in [0.4, 0.5) is 5.69 Å². The Morgan fingerprint density at radius 2 is 1.90 bits per heavy atom. The van der Waals surface area contributed by atoms with Crippen LogP contribution in [0.2, 0.25) is 5.15 Å². The average Bonchev–Trinajstić information content (AvgIpc) is 3.23. The van der Waals surface area contributed by atoms with Crippen LogP contribution < -0.4 is 4.90 Å². The van der Waals surface area contributed by atoms with Gasteiger partial charge in [-0.3, -0.25) is 4.68 Å². The summed E-state index contributed by atoms with van der Waals surface area (Å²) in [5, 5.41) is 5.21. The Hall–Kier alpha value is -1.63. The van der Waals surface area contributed by atoms with Crippen molar-refractivity contribution in [2.24, 2.45) is 5.92 Å². The van der Waals surface area contributed by atoms with Gasteiger partial charge in [0.05, 0.1) is 12.2 Å². The van der Waals surface area contributed by atoms with E-state index in [2.05, 4.69) is 44.9 Å². The van der Waals surface area contributed by atoms with Crippen molar-refractivity contribution in [1.82, 2.24) is 19.7 Å². The molecule has 7 heteroatoms. The molecule has 2 saturated heterocycles. The van der Waals surface area contributed by atoms with Crippen LogP contribution in [-0.2, 0) is 4.74 Å². The molecule has 0 amide bonds. The molecule has 0 aliphatic carbocycles. The molecule has 2 fully saturated rings. The lowest BCUT2D eigenvalue weighted by Crippen LogP contribution is -2.35. The van der Waals surface area contributed by atoms with Gasteiger partial charge in [0.15, 0.2) is 0 Å². The maximum absolute atomic E-state index is 6.29. The van der Waals surface area contributed by atoms with Crippen molar-refractivity contribution in [2.45, 2.75) is 38.1 Å². The molecule has 0 atom stereocenters. The highest BCUT2D eigenvalue weighted by molar-refractivity contribution is 6.29. The monoisotopic (exact) mass is 417 g/mol. The first-order chi connectivity index (χ1) is 14.1. The lowest BCUT2D eigenvalue weighted by molar-refractivity contribution is 0.0662. The van der Waals surface area contributed by atoms with E-state index in [1.54, 1.807) is 0 Å². The van der Waals surface area contributed by atoms with Gasteiger partial charge in [-0.1, -0.05) is 11.6 Å².